The fourth-order valence-electron chi connectivity index (χ4n) is 3.00. The number of rotatable bonds is 3. The molecule has 0 aromatic carbocycles. The Morgan fingerprint density at radius 1 is 1.31 bits per heavy atom. The minimum Gasteiger partial charge on any atom is -0.319 e. The summed E-state index contributed by atoms with van der Waals surface area (Å²) in [6.45, 7) is 3.45. The summed E-state index contributed by atoms with van der Waals surface area (Å²) in [7, 11) is 2.09. The van der Waals surface area contributed by atoms with Crippen LogP contribution in [-0.4, -0.2) is 13.6 Å². The van der Waals surface area contributed by atoms with E-state index in [0.29, 0.717) is 0 Å². The molecule has 0 radical (unpaired) electrons. The smallest absolute Gasteiger partial charge is 0.0109 e. The van der Waals surface area contributed by atoms with Crippen LogP contribution in [-0.2, 0) is 0 Å². The molecule has 2 rings (SSSR count). The molecule has 1 nitrogen and oxygen atoms in total. The summed E-state index contributed by atoms with van der Waals surface area (Å²) in [4.78, 5) is 1.65. The molecule has 0 aliphatic heterocycles. The predicted octanol–water partition coefficient (Wildman–Crippen LogP) is 3.94. The number of hydrogen-bond acceptors (Lipinski definition) is 2. The van der Waals surface area contributed by atoms with Gasteiger partial charge in [0.1, 0.15) is 0 Å². The lowest BCUT2D eigenvalue weighted by Gasteiger charge is -2.24. The molecular formula is C14H23NS. The van der Waals surface area contributed by atoms with Gasteiger partial charge in [0.25, 0.3) is 0 Å². The van der Waals surface area contributed by atoms with Gasteiger partial charge in [-0.3, -0.25) is 0 Å². The second-order valence-electron chi connectivity index (χ2n) is 5.03. The monoisotopic (exact) mass is 237 g/mol. The topological polar surface area (TPSA) is 12.0 Å². The molecule has 0 saturated heterocycles. The Hall–Kier alpha value is -0.340. The predicted molar refractivity (Wildman–Crippen MR) is 72.3 cm³/mol. The maximum atomic E-state index is 3.38. The summed E-state index contributed by atoms with van der Waals surface area (Å²) in [5.74, 6) is 1.67. The molecule has 90 valence electrons. The van der Waals surface area contributed by atoms with Crippen molar-refractivity contribution in [3.8, 4) is 0 Å². The van der Waals surface area contributed by atoms with Crippen molar-refractivity contribution in [2.24, 2.45) is 5.92 Å². The molecule has 1 aliphatic rings. The van der Waals surface area contributed by atoms with Gasteiger partial charge in [-0.1, -0.05) is 19.3 Å². The Kier molecular flexibility index (Phi) is 4.42. The van der Waals surface area contributed by atoms with Crippen LogP contribution in [0.5, 0.6) is 0 Å². The fourth-order valence-corrected chi connectivity index (χ4v) is 4.16. The van der Waals surface area contributed by atoms with Crippen molar-refractivity contribution in [3.05, 3.63) is 21.9 Å². The third kappa shape index (κ3) is 2.67. The highest BCUT2D eigenvalue weighted by Crippen LogP contribution is 2.39. The summed E-state index contributed by atoms with van der Waals surface area (Å²) in [6, 6.07) is 2.28. The minimum atomic E-state index is 0.815. The van der Waals surface area contributed by atoms with Gasteiger partial charge in [0, 0.05) is 4.88 Å². The van der Waals surface area contributed by atoms with E-state index in [1.54, 1.807) is 4.88 Å². The molecule has 0 bridgehead atoms. The van der Waals surface area contributed by atoms with E-state index in [0.717, 1.165) is 11.8 Å². The first-order valence-corrected chi connectivity index (χ1v) is 7.39. The second kappa shape index (κ2) is 5.83. The van der Waals surface area contributed by atoms with Gasteiger partial charge >= 0.3 is 0 Å². The van der Waals surface area contributed by atoms with Gasteiger partial charge in [0.2, 0.25) is 0 Å². The molecule has 0 spiro atoms. The van der Waals surface area contributed by atoms with Gasteiger partial charge in [-0.2, -0.15) is 0 Å². The maximum Gasteiger partial charge on any atom is 0.0109 e. The summed E-state index contributed by atoms with van der Waals surface area (Å²) in [6.07, 6.45) is 7.08. The molecule has 16 heavy (non-hydrogen) atoms. The molecule has 1 aromatic rings. The van der Waals surface area contributed by atoms with E-state index in [-0.39, 0.29) is 0 Å². The van der Waals surface area contributed by atoms with Gasteiger partial charge in [-0.15, -0.1) is 11.3 Å². The molecule has 2 heteroatoms. The van der Waals surface area contributed by atoms with Crippen molar-refractivity contribution >= 4 is 11.3 Å². The van der Waals surface area contributed by atoms with Crippen LogP contribution in [0.1, 0.15) is 48.5 Å². The first-order chi connectivity index (χ1) is 7.83. The Morgan fingerprint density at radius 2 is 2.12 bits per heavy atom. The van der Waals surface area contributed by atoms with Crippen LogP contribution >= 0.6 is 11.3 Å². The van der Waals surface area contributed by atoms with Crippen LogP contribution in [0, 0.1) is 12.8 Å². The Morgan fingerprint density at radius 3 is 2.81 bits per heavy atom. The molecule has 1 heterocycles. The normalized spacial score (nSPS) is 26.6. The van der Waals surface area contributed by atoms with Crippen LogP contribution in [0.2, 0.25) is 0 Å². The highest BCUT2D eigenvalue weighted by Gasteiger charge is 2.26. The summed E-state index contributed by atoms with van der Waals surface area (Å²) >= 11 is 1.97. The molecule has 0 amide bonds. The number of nitrogens with one attached hydrogen (secondary N) is 1. The van der Waals surface area contributed by atoms with E-state index in [4.69, 9.17) is 0 Å². The largest absolute Gasteiger partial charge is 0.319 e. The van der Waals surface area contributed by atoms with Gasteiger partial charge in [0.05, 0.1) is 0 Å². The standard InChI is InChI=1S/C14H23NS/c1-11-8-9-16-14(11)13-7-5-3-4-6-12(13)10-15-2/h8-9,12-13,15H,3-7,10H2,1-2H3. The van der Waals surface area contributed by atoms with Gasteiger partial charge in [0.15, 0.2) is 0 Å². The quantitative estimate of drug-likeness (QED) is 0.785. The van der Waals surface area contributed by atoms with Crippen LogP contribution in [0.4, 0.5) is 0 Å². The summed E-state index contributed by atoms with van der Waals surface area (Å²) in [5.41, 5.74) is 1.51. The van der Waals surface area contributed by atoms with Crippen LogP contribution in [0.3, 0.4) is 0 Å². The zero-order chi connectivity index (χ0) is 11.4. The van der Waals surface area contributed by atoms with Crippen molar-refractivity contribution in [2.75, 3.05) is 13.6 Å². The molecule has 2 atom stereocenters. The third-order valence-corrected chi connectivity index (χ3v) is 5.01. The van der Waals surface area contributed by atoms with Crippen LogP contribution in [0.15, 0.2) is 11.4 Å². The molecule has 1 fully saturated rings. The Labute approximate surface area is 103 Å². The molecule has 2 unspecified atom stereocenters. The van der Waals surface area contributed by atoms with E-state index < -0.39 is 0 Å². The minimum absolute atomic E-state index is 0.815. The van der Waals surface area contributed by atoms with Crippen molar-refractivity contribution in [3.63, 3.8) is 0 Å². The number of thiophene rings is 1. The van der Waals surface area contributed by atoms with Crippen LogP contribution in [0.25, 0.3) is 0 Å². The highest BCUT2D eigenvalue weighted by molar-refractivity contribution is 7.10. The van der Waals surface area contributed by atoms with Crippen molar-refractivity contribution in [2.45, 2.75) is 44.9 Å². The first-order valence-electron chi connectivity index (χ1n) is 6.51. The lowest BCUT2D eigenvalue weighted by Crippen LogP contribution is -2.24. The van der Waals surface area contributed by atoms with Crippen molar-refractivity contribution in [1.82, 2.24) is 5.32 Å². The van der Waals surface area contributed by atoms with E-state index in [1.165, 1.54) is 44.2 Å². The van der Waals surface area contributed by atoms with E-state index in [9.17, 15) is 0 Å². The van der Waals surface area contributed by atoms with Crippen LogP contribution < -0.4 is 5.32 Å². The second-order valence-corrected chi connectivity index (χ2v) is 5.98. The average molecular weight is 237 g/mol. The van der Waals surface area contributed by atoms with Crippen molar-refractivity contribution in [1.29, 1.82) is 0 Å². The highest BCUT2D eigenvalue weighted by atomic mass is 32.1. The molecule has 1 saturated carbocycles. The van der Waals surface area contributed by atoms with E-state index in [2.05, 4.69) is 30.7 Å². The maximum absolute atomic E-state index is 3.38. The summed E-state index contributed by atoms with van der Waals surface area (Å²) in [5, 5.41) is 5.64. The van der Waals surface area contributed by atoms with Gasteiger partial charge in [-0.05, 0) is 62.2 Å². The van der Waals surface area contributed by atoms with E-state index in [1.807, 2.05) is 11.3 Å². The molecule has 1 aliphatic carbocycles. The Bertz CT molecular complexity index is 318. The molecule has 1 aromatic heterocycles. The molecule has 1 N–H and O–H groups in total. The lowest BCUT2D eigenvalue weighted by atomic mass is 9.85. The third-order valence-electron chi connectivity index (χ3n) is 3.86. The lowest BCUT2D eigenvalue weighted by molar-refractivity contribution is 0.389. The van der Waals surface area contributed by atoms with Crippen molar-refractivity contribution < 1.29 is 0 Å². The zero-order valence-electron chi connectivity index (χ0n) is 10.5. The van der Waals surface area contributed by atoms with Gasteiger partial charge in [-0.25, -0.2) is 0 Å². The SMILES string of the molecule is CNCC1CCCCCC1c1sccc1C. The summed E-state index contributed by atoms with van der Waals surface area (Å²) < 4.78 is 0. The van der Waals surface area contributed by atoms with E-state index >= 15 is 0 Å². The average Bonchev–Trinajstić information content (AvgIpc) is 2.56. The zero-order valence-corrected chi connectivity index (χ0v) is 11.3. The molecular weight excluding hydrogens is 214 g/mol. The van der Waals surface area contributed by atoms with Gasteiger partial charge < -0.3 is 5.32 Å². The Balaban J connectivity index is 2.17. The fraction of sp³-hybridized carbons (Fsp3) is 0.714. The number of hydrogen-bond donors (Lipinski definition) is 1. The first kappa shape index (κ1) is 12.1. The number of aryl methyl sites for hydroxylation is 1.